The predicted molar refractivity (Wildman–Crippen MR) is 57.2 cm³/mol. The molecule has 14 heavy (non-hydrogen) atoms. The number of hydrogen-bond donors (Lipinski definition) is 1. The summed E-state index contributed by atoms with van der Waals surface area (Å²) in [7, 11) is 0. The molecular weight excluding hydrogens is 176 g/mol. The highest BCUT2D eigenvalue weighted by Crippen LogP contribution is 2.20. The molecule has 2 aliphatic heterocycles. The van der Waals surface area contributed by atoms with Crippen LogP contribution in [0.15, 0.2) is 0 Å². The maximum atomic E-state index is 6.07. The Morgan fingerprint density at radius 1 is 1.43 bits per heavy atom. The summed E-state index contributed by atoms with van der Waals surface area (Å²) in [4.78, 5) is 2.55. The van der Waals surface area contributed by atoms with E-state index >= 15 is 0 Å². The zero-order chi connectivity index (χ0) is 9.97. The first-order valence-corrected chi connectivity index (χ1v) is 5.85. The largest absolute Gasteiger partial charge is 0.381 e. The zero-order valence-corrected chi connectivity index (χ0v) is 9.11. The van der Waals surface area contributed by atoms with E-state index in [-0.39, 0.29) is 0 Å². The van der Waals surface area contributed by atoms with Gasteiger partial charge < -0.3 is 10.5 Å². The number of hydrogen-bond acceptors (Lipinski definition) is 3. The molecule has 0 radical (unpaired) electrons. The monoisotopic (exact) mass is 198 g/mol. The minimum Gasteiger partial charge on any atom is -0.381 e. The van der Waals surface area contributed by atoms with E-state index in [1.165, 1.54) is 32.4 Å². The van der Waals surface area contributed by atoms with Crippen molar-refractivity contribution in [1.82, 2.24) is 4.90 Å². The van der Waals surface area contributed by atoms with Crippen molar-refractivity contribution in [3.63, 3.8) is 0 Å². The van der Waals surface area contributed by atoms with Gasteiger partial charge in [0.1, 0.15) is 0 Å². The van der Waals surface area contributed by atoms with Crippen LogP contribution in [0, 0.1) is 5.92 Å². The van der Waals surface area contributed by atoms with Crippen LogP contribution < -0.4 is 5.73 Å². The predicted octanol–water partition coefficient (Wildman–Crippen LogP) is 0.834. The van der Waals surface area contributed by atoms with Crippen molar-refractivity contribution in [2.75, 3.05) is 26.3 Å². The van der Waals surface area contributed by atoms with Gasteiger partial charge in [-0.3, -0.25) is 4.90 Å². The molecule has 0 aromatic carbocycles. The van der Waals surface area contributed by atoms with Crippen LogP contribution in [0.3, 0.4) is 0 Å². The fourth-order valence-corrected chi connectivity index (χ4v) is 2.56. The molecule has 0 spiro atoms. The Hall–Kier alpha value is -0.120. The minimum absolute atomic E-state index is 0.381. The first-order chi connectivity index (χ1) is 6.77. The summed E-state index contributed by atoms with van der Waals surface area (Å²) in [5.74, 6) is 0.753. The molecule has 3 atom stereocenters. The lowest BCUT2D eigenvalue weighted by Crippen LogP contribution is -2.51. The molecule has 0 saturated carbocycles. The Labute approximate surface area is 86.6 Å². The van der Waals surface area contributed by atoms with E-state index in [0.29, 0.717) is 12.1 Å². The fourth-order valence-electron chi connectivity index (χ4n) is 2.56. The van der Waals surface area contributed by atoms with E-state index in [1.54, 1.807) is 0 Å². The quantitative estimate of drug-likeness (QED) is 0.714. The van der Waals surface area contributed by atoms with Crippen LogP contribution >= 0.6 is 0 Å². The third kappa shape index (κ3) is 2.27. The maximum Gasteiger partial charge on any atom is 0.0507 e. The molecule has 2 heterocycles. The number of ether oxygens (including phenoxy) is 1. The van der Waals surface area contributed by atoms with Crippen molar-refractivity contribution in [3.05, 3.63) is 0 Å². The number of nitrogens with zero attached hydrogens (tertiary/aromatic N) is 1. The normalized spacial score (nSPS) is 40.3. The van der Waals surface area contributed by atoms with Crippen molar-refractivity contribution in [2.24, 2.45) is 11.7 Å². The lowest BCUT2D eigenvalue weighted by Gasteiger charge is -2.38. The third-order valence-electron chi connectivity index (χ3n) is 3.70. The molecular formula is C11H22N2O. The molecule has 2 N–H and O–H groups in total. The number of nitrogens with two attached hydrogens (primary N) is 1. The molecule has 0 aromatic heterocycles. The van der Waals surface area contributed by atoms with Gasteiger partial charge in [0.2, 0.25) is 0 Å². The van der Waals surface area contributed by atoms with Gasteiger partial charge in [0.05, 0.1) is 6.61 Å². The Morgan fingerprint density at radius 2 is 2.29 bits per heavy atom. The van der Waals surface area contributed by atoms with Crippen LogP contribution in [0.5, 0.6) is 0 Å². The topological polar surface area (TPSA) is 38.5 Å². The molecule has 2 saturated heterocycles. The molecule has 3 nitrogen and oxygen atoms in total. The smallest absolute Gasteiger partial charge is 0.0507 e. The average Bonchev–Trinajstić information content (AvgIpc) is 2.66. The van der Waals surface area contributed by atoms with Crippen LogP contribution in [-0.2, 0) is 4.74 Å². The van der Waals surface area contributed by atoms with Crippen molar-refractivity contribution in [2.45, 2.75) is 38.3 Å². The number of likely N-dealkylation sites (tertiary alicyclic amines) is 1. The number of piperidine rings is 1. The summed E-state index contributed by atoms with van der Waals surface area (Å²) in [6, 6.07) is 0.940. The van der Waals surface area contributed by atoms with Gasteiger partial charge in [-0.2, -0.15) is 0 Å². The van der Waals surface area contributed by atoms with Gasteiger partial charge in [-0.25, -0.2) is 0 Å². The summed E-state index contributed by atoms with van der Waals surface area (Å²) < 4.78 is 5.40. The van der Waals surface area contributed by atoms with Crippen LogP contribution in [0.25, 0.3) is 0 Å². The molecule has 3 heteroatoms. The highest BCUT2D eigenvalue weighted by molar-refractivity contribution is 4.85. The first kappa shape index (κ1) is 10.4. The van der Waals surface area contributed by atoms with E-state index in [0.717, 1.165) is 19.1 Å². The van der Waals surface area contributed by atoms with E-state index in [2.05, 4.69) is 11.8 Å². The molecule has 0 aromatic rings. The SMILES string of the molecule is C[C@@H]1[C@H](N)CCCN1CC1CCOC1. The summed E-state index contributed by atoms with van der Waals surface area (Å²) in [5, 5.41) is 0. The second-order valence-electron chi connectivity index (χ2n) is 4.77. The van der Waals surface area contributed by atoms with Crippen LogP contribution in [0.1, 0.15) is 26.2 Å². The minimum atomic E-state index is 0.381. The second kappa shape index (κ2) is 4.60. The highest BCUT2D eigenvalue weighted by atomic mass is 16.5. The van der Waals surface area contributed by atoms with Crippen molar-refractivity contribution in [1.29, 1.82) is 0 Å². The van der Waals surface area contributed by atoms with Gasteiger partial charge >= 0.3 is 0 Å². The molecule has 2 fully saturated rings. The molecule has 2 rings (SSSR count). The first-order valence-electron chi connectivity index (χ1n) is 5.85. The molecule has 0 amide bonds. The molecule has 0 bridgehead atoms. The summed E-state index contributed by atoms with van der Waals surface area (Å²) >= 11 is 0. The van der Waals surface area contributed by atoms with Gasteiger partial charge in [0.25, 0.3) is 0 Å². The lowest BCUT2D eigenvalue weighted by atomic mass is 9.96. The number of rotatable bonds is 2. The Morgan fingerprint density at radius 3 is 3.00 bits per heavy atom. The summed E-state index contributed by atoms with van der Waals surface area (Å²) in [5.41, 5.74) is 6.07. The van der Waals surface area contributed by atoms with Gasteiger partial charge in [-0.15, -0.1) is 0 Å². The van der Waals surface area contributed by atoms with E-state index < -0.39 is 0 Å². The van der Waals surface area contributed by atoms with Crippen LogP contribution in [0.4, 0.5) is 0 Å². The van der Waals surface area contributed by atoms with Gasteiger partial charge in [-0.05, 0) is 38.6 Å². The standard InChI is InChI=1S/C11H22N2O/c1-9-11(12)3-2-5-13(9)7-10-4-6-14-8-10/h9-11H,2-8,12H2,1H3/t9-,10?,11-/m1/s1. The molecule has 82 valence electrons. The average molecular weight is 198 g/mol. The zero-order valence-electron chi connectivity index (χ0n) is 9.11. The third-order valence-corrected chi connectivity index (χ3v) is 3.70. The lowest BCUT2D eigenvalue weighted by molar-refractivity contribution is 0.110. The van der Waals surface area contributed by atoms with Crippen molar-refractivity contribution >= 4 is 0 Å². The van der Waals surface area contributed by atoms with Crippen LogP contribution in [0.2, 0.25) is 0 Å². The molecule has 0 aliphatic carbocycles. The maximum absolute atomic E-state index is 6.07. The van der Waals surface area contributed by atoms with E-state index in [1.807, 2.05) is 0 Å². The summed E-state index contributed by atoms with van der Waals surface area (Å²) in [6.07, 6.45) is 3.69. The Balaban J connectivity index is 1.83. The molecule has 2 aliphatic rings. The van der Waals surface area contributed by atoms with Gasteiger partial charge in [-0.1, -0.05) is 0 Å². The van der Waals surface area contributed by atoms with Gasteiger partial charge in [0, 0.05) is 25.2 Å². The molecule has 1 unspecified atom stereocenters. The Kier molecular flexibility index (Phi) is 3.42. The van der Waals surface area contributed by atoms with Crippen LogP contribution in [-0.4, -0.2) is 43.3 Å². The van der Waals surface area contributed by atoms with Crippen molar-refractivity contribution < 1.29 is 4.74 Å². The Bertz CT molecular complexity index is 180. The van der Waals surface area contributed by atoms with Gasteiger partial charge in [0.15, 0.2) is 0 Å². The highest BCUT2D eigenvalue weighted by Gasteiger charge is 2.28. The summed E-state index contributed by atoms with van der Waals surface area (Å²) in [6.45, 7) is 6.59. The van der Waals surface area contributed by atoms with Crippen molar-refractivity contribution in [3.8, 4) is 0 Å². The fraction of sp³-hybridized carbons (Fsp3) is 1.00. The van der Waals surface area contributed by atoms with E-state index in [4.69, 9.17) is 10.5 Å². The van der Waals surface area contributed by atoms with E-state index in [9.17, 15) is 0 Å². The second-order valence-corrected chi connectivity index (χ2v) is 4.77.